The van der Waals surface area contributed by atoms with Crippen LogP contribution in [0.4, 0.5) is 5.82 Å². The first-order chi connectivity index (χ1) is 18.7. The van der Waals surface area contributed by atoms with E-state index in [1.54, 1.807) is 0 Å². The molecule has 0 atom stereocenters. The molecule has 0 bridgehead atoms. The number of pyridine rings is 1. The number of unbranched alkanes of at least 4 members (excludes halogenated alkanes) is 1. The predicted molar refractivity (Wildman–Crippen MR) is 155 cm³/mol. The number of fused-ring (bicyclic) bond motifs is 2. The molecule has 0 radical (unpaired) electrons. The minimum absolute atomic E-state index is 0.0490. The van der Waals surface area contributed by atoms with Crippen LogP contribution in [0.1, 0.15) is 24.2 Å². The lowest BCUT2D eigenvalue weighted by molar-refractivity contribution is 0.252. The molecule has 1 fully saturated rings. The fourth-order valence-electron chi connectivity index (χ4n) is 5.38. The van der Waals surface area contributed by atoms with E-state index >= 15 is 0 Å². The highest BCUT2D eigenvalue weighted by atomic mass is 16.1. The second kappa shape index (κ2) is 11.2. The summed E-state index contributed by atoms with van der Waals surface area (Å²) < 4.78 is 1.87. The average molecular weight is 504 g/mol. The van der Waals surface area contributed by atoms with Crippen molar-refractivity contribution in [2.45, 2.75) is 25.8 Å². The number of hydrogen-bond acceptors (Lipinski definition) is 5. The minimum Gasteiger partial charge on any atom is -0.354 e. The second-order valence-corrected chi connectivity index (χ2v) is 10.1. The van der Waals surface area contributed by atoms with Gasteiger partial charge in [0, 0.05) is 38.0 Å². The molecule has 0 aliphatic carbocycles. The Balaban J connectivity index is 1.06. The molecule has 6 nitrogen and oxygen atoms in total. The van der Waals surface area contributed by atoms with Crippen molar-refractivity contribution in [2.24, 2.45) is 0 Å². The van der Waals surface area contributed by atoms with Crippen molar-refractivity contribution < 1.29 is 0 Å². The van der Waals surface area contributed by atoms with Gasteiger partial charge in [-0.1, -0.05) is 60.7 Å². The van der Waals surface area contributed by atoms with Gasteiger partial charge in [0.15, 0.2) is 0 Å². The number of benzene rings is 3. The van der Waals surface area contributed by atoms with E-state index in [4.69, 9.17) is 9.97 Å². The maximum atomic E-state index is 13.4. The zero-order chi connectivity index (χ0) is 25.7. The molecule has 2 aromatic heterocycles. The van der Waals surface area contributed by atoms with E-state index in [1.807, 2.05) is 53.1 Å². The quantitative estimate of drug-likeness (QED) is 0.275. The third-order valence-corrected chi connectivity index (χ3v) is 7.53. The smallest absolute Gasteiger partial charge is 0.261 e. The molecule has 0 amide bonds. The first kappa shape index (κ1) is 24.3. The summed E-state index contributed by atoms with van der Waals surface area (Å²) in [6, 6.07) is 30.5. The number of aromatic nitrogens is 3. The van der Waals surface area contributed by atoms with Crippen LogP contribution in [-0.2, 0) is 13.0 Å². The van der Waals surface area contributed by atoms with Gasteiger partial charge >= 0.3 is 0 Å². The molecule has 3 heterocycles. The fraction of sp³-hybridized carbons (Fsp3) is 0.281. The van der Waals surface area contributed by atoms with E-state index in [0.29, 0.717) is 11.9 Å². The van der Waals surface area contributed by atoms with Crippen LogP contribution in [0.15, 0.2) is 95.8 Å². The van der Waals surface area contributed by atoms with Crippen LogP contribution in [0.25, 0.3) is 21.8 Å². The molecule has 1 saturated heterocycles. The molecule has 6 heteroatoms. The molecule has 192 valence electrons. The maximum absolute atomic E-state index is 13.4. The molecular weight excluding hydrogens is 470 g/mol. The van der Waals surface area contributed by atoms with Crippen LogP contribution < -0.4 is 10.5 Å². The Morgan fingerprint density at radius 1 is 0.684 bits per heavy atom. The second-order valence-electron chi connectivity index (χ2n) is 10.1. The monoisotopic (exact) mass is 503 g/mol. The summed E-state index contributed by atoms with van der Waals surface area (Å²) >= 11 is 0. The summed E-state index contributed by atoms with van der Waals surface area (Å²) in [6.07, 6.45) is 2.89. The maximum Gasteiger partial charge on any atom is 0.261 e. The van der Waals surface area contributed by atoms with Crippen molar-refractivity contribution in [1.82, 2.24) is 19.4 Å². The van der Waals surface area contributed by atoms with Crippen molar-refractivity contribution >= 4 is 27.6 Å². The summed E-state index contributed by atoms with van der Waals surface area (Å²) in [4.78, 5) is 28.1. The Morgan fingerprint density at radius 2 is 1.42 bits per heavy atom. The first-order valence-electron chi connectivity index (χ1n) is 13.6. The number of nitrogens with zero attached hydrogens (tertiary/aromatic N) is 5. The largest absolute Gasteiger partial charge is 0.354 e. The van der Waals surface area contributed by atoms with E-state index in [-0.39, 0.29) is 5.56 Å². The van der Waals surface area contributed by atoms with Gasteiger partial charge in [-0.05, 0) is 55.3 Å². The Bertz CT molecular complexity index is 1590. The van der Waals surface area contributed by atoms with Gasteiger partial charge in [0.25, 0.3) is 5.56 Å². The number of piperazine rings is 1. The van der Waals surface area contributed by atoms with Gasteiger partial charge in [0.05, 0.1) is 23.0 Å². The first-order valence-corrected chi connectivity index (χ1v) is 13.6. The average Bonchev–Trinajstić information content (AvgIpc) is 2.98. The van der Waals surface area contributed by atoms with Crippen LogP contribution in [0.2, 0.25) is 0 Å². The lowest BCUT2D eigenvalue weighted by Crippen LogP contribution is -2.46. The number of anilines is 1. The van der Waals surface area contributed by atoms with Gasteiger partial charge in [0.1, 0.15) is 11.6 Å². The van der Waals surface area contributed by atoms with Crippen molar-refractivity contribution in [3.63, 3.8) is 0 Å². The number of rotatable bonds is 8. The third kappa shape index (κ3) is 5.31. The van der Waals surface area contributed by atoms with Gasteiger partial charge < -0.3 is 4.90 Å². The molecule has 38 heavy (non-hydrogen) atoms. The van der Waals surface area contributed by atoms with Crippen molar-refractivity contribution in [3.8, 4) is 0 Å². The number of hydrogen-bond donors (Lipinski definition) is 0. The molecule has 0 unspecified atom stereocenters. The molecule has 5 aromatic rings. The zero-order valence-corrected chi connectivity index (χ0v) is 21.7. The van der Waals surface area contributed by atoms with Gasteiger partial charge in [-0.25, -0.2) is 9.97 Å². The summed E-state index contributed by atoms with van der Waals surface area (Å²) in [6.45, 7) is 5.69. The normalized spacial score (nSPS) is 14.4. The summed E-state index contributed by atoms with van der Waals surface area (Å²) in [5.74, 6) is 1.95. The van der Waals surface area contributed by atoms with Gasteiger partial charge in [-0.15, -0.1) is 0 Å². The highest BCUT2D eigenvalue weighted by molar-refractivity contribution is 5.80. The molecule has 1 aliphatic rings. The van der Waals surface area contributed by atoms with E-state index in [0.717, 1.165) is 80.2 Å². The summed E-state index contributed by atoms with van der Waals surface area (Å²) in [5, 5.41) is 1.87. The highest BCUT2D eigenvalue weighted by Crippen LogP contribution is 2.19. The highest BCUT2D eigenvalue weighted by Gasteiger charge is 2.18. The Kier molecular flexibility index (Phi) is 7.14. The SMILES string of the molecule is O=c1c2ccccc2nc(CCCCN2CCN(c3ccc4ccccc4n3)CC2)n1Cc1ccccc1. The zero-order valence-electron chi connectivity index (χ0n) is 21.7. The summed E-state index contributed by atoms with van der Waals surface area (Å²) in [5.41, 5.74) is 3.01. The van der Waals surface area contributed by atoms with E-state index < -0.39 is 0 Å². The van der Waals surface area contributed by atoms with E-state index in [1.165, 1.54) is 5.39 Å². The van der Waals surface area contributed by atoms with Crippen LogP contribution in [-0.4, -0.2) is 52.2 Å². The predicted octanol–water partition coefficient (Wildman–Crippen LogP) is 5.14. The molecule has 0 spiro atoms. The topological polar surface area (TPSA) is 54.3 Å². The third-order valence-electron chi connectivity index (χ3n) is 7.53. The lowest BCUT2D eigenvalue weighted by atomic mass is 10.1. The van der Waals surface area contributed by atoms with Crippen LogP contribution in [0.5, 0.6) is 0 Å². The van der Waals surface area contributed by atoms with Gasteiger partial charge in [0.2, 0.25) is 0 Å². The number of para-hydroxylation sites is 2. The molecule has 3 aromatic carbocycles. The van der Waals surface area contributed by atoms with Crippen molar-refractivity contribution in [2.75, 3.05) is 37.6 Å². The van der Waals surface area contributed by atoms with Crippen LogP contribution in [0, 0.1) is 0 Å². The number of aryl methyl sites for hydroxylation is 1. The fourth-order valence-corrected chi connectivity index (χ4v) is 5.38. The standard InChI is InChI=1S/C32H33N5O/c38-32-27-13-5-7-15-29(27)34-31(37(32)24-25-10-2-1-3-11-25)16-8-9-19-35-20-22-36(23-21-35)30-18-17-26-12-4-6-14-28(26)33-30/h1-7,10-15,17-18H,8-9,16,19-24H2. The van der Waals surface area contributed by atoms with Gasteiger partial charge in [-0.3, -0.25) is 14.3 Å². The summed E-state index contributed by atoms with van der Waals surface area (Å²) in [7, 11) is 0. The van der Waals surface area contributed by atoms with E-state index in [9.17, 15) is 4.79 Å². The Hall–Kier alpha value is -4.03. The van der Waals surface area contributed by atoms with Crippen molar-refractivity contribution in [3.05, 3.63) is 113 Å². The minimum atomic E-state index is 0.0490. The molecular formula is C32H33N5O. The Labute approximate surface area is 223 Å². The molecule has 1 aliphatic heterocycles. The molecule has 0 N–H and O–H groups in total. The van der Waals surface area contributed by atoms with Crippen LogP contribution in [0.3, 0.4) is 0 Å². The molecule has 0 saturated carbocycles. The Morgan fingerprint density at radius 3 is 2.26 bits per heavy atom. The van der Waals surface area contributed by atoms with E-state index in [2.05, 4.69) is 52.3 Å². The lowest BCUT2D eigenvalue weighted by Gasteiger charge is -2.35. The van der Waals surface area contributed by atoms with Crippen molar-refractivity contribution in [1.29, 1.82) is 0 Å². The molecule has 6 rings (SSSR count). The van der Waals surface area contributed by atoms with Crippen LogP contribution >= 0.6 is 0 Å². The van der Waals surface area contributed by atoms with Gasteiger partial charge in [-0.2, -0.15) is 0 Å².